The summed E-state index contributed by atoms with van der Waals surface area (Å²) in [6, 6.07) is 5.10. The van der Waals surface area contributed by atoms with E-state index in [-0.39, 0.29) is 5.82 Å². The van der Waals surface area contributed by atoms with E-state index in [1.54, 1.807) is 13.0 Å². The van der Waals surface area contributed by atoms with Crippen LogP contribution in [-0.4, -0.2) is 6.54 Å². The van der Waals surface area contributed by atoms with Crippen LogP contribution in [0.15, 0.2) is 23.8 Å². The Morgan fingerprint density at radius 3 is 2.71 bits per heavy atom. The summed E-state index contributed by atoms with van der Waals surface area (Å²) >= 11 is 0. The number of rotatable bonds is 3. The van der Waals surface area contributed by atoms with Crippen LogP contribution in [0.1, 0.15) is 24.5 Å². The van der Waals surface area contributed by atoms with Crippen LogP contribution in [0.5, 0.6) is 0 Å². The first-order chi connectivity index (χ1) is 6.67. The van der Waals surface area contributed by atoms with Crippen LogP contribution in [0, 0.1) is 12.7 Å². The molecule has 0 saturated heterocycles. The topological polar surface area (TPSA) is 26.0 Å². The van der Waals surface area contributed by atoms with Crippen LogP contribution >= 0.6 is 0 Å². The number of nitrogens with two attached hydrogens (primary N) is 1. The Balaban J connectivity index is 2.97. The predicted octanol–water partition coefficient (Wildman–Crippen LogP) is 2.89. The van der Waals surface area contributed by atoms with Gasteiger partial charge >= 0.3 is 0 Å². The maximum absolute atomic E-state index is 13.0. The highest BCUT2D eigenvalue weighted by Crippen LogP contribution is 2.13. The molecule has 0 heterocycles. The third kappa shape index (κ3) is 2.67. The first kappa shape index (κ1) is 10.9. The molecule has 0 aliphatic rings. The number of halogens is 1. The molecule has 0 bridgehead atoms. The van der Waals surface area contributed by atoms with Gasteiger partial charge in [-0.3, -0.25) is 0 Å². The first-order valence-electron chi connectivity index (χ1n) is 4.83. The van der Waals surface area contributed by atoms with E-state index in [0.717, 1.165) is 12.0 Å². The molecule has 0 amide bonds. The molecule has 1 aromatic rings. The Bertz CT molecular complexity index is 336. The maximum Gasteiger partial charge on any atom is 0.126 e. The van der Waals surface area contributed by atoms with E-state index >= 15 is 0 Å². The lowest BCUT2D eigenvalue weighted by atomic mass is 10.1. The van der Waals surface area contributed by atoms with Crippen molar-refractivity contribution >= 4 is 6.08 Å². The van der Waals surface area contributed by atoms with Crippen molar-refractivity contribution in [2.24, 2.45) is 5.73 Å². The van der Waals surface area contributed by atoms with E-state index in [9.17, 15) is 4.39 Å². The van der Waals surface area contributed by atoms with Crippen molar-refractivity contribution in [3.05, 3.63) is 40.7 Å². The summed E-state index contributed by atoms with van der Waals surface area (Å²) in [6.45, 7) is 4.39. The molecular weight excluding hydrogens is 177 g/mol. The largest absolute Gasteiger partial charge is 0.327 e. The zero-order chi connectivity index (χ0) is 10.6. The normalized spacial score (nSPS) is 11.9. The van der Waals surface area contributed by atoms with Crippen molar-refractivity contribution in [2.75, 3.05) is 6.54 Å². The van der Waals surface area contributed by atoms with Gasteiger partial charge in [0.25, 0.3) is 0 Å². The molecule has 0 atom stereocenters. The fourth-order valence-electron chi connectivity index (χ4n) is 1.30. The maximum atomic E-state index is 13.0. The molecular formula is C12H16FN. The molecule has 2 heteroatoms. The van der Waals surface area contributed by atoms with Gasteiger partial charge in [-0.15, -0.1) is 0 Å². The molecule has 0 aromatic heterocycles. The summed E-state index contributed by atoms with van der Waals surface area (Å²) in [5.74, 6) is -0.159. The minimum absolute atomic E-state index is 0.159. The first-order valence-corrected chi connectivity index (χ1v) is 4.83. The standard InChI is InChI=1S/C12H16FN/c1-3-10(8-14)7-11-4-5-12(13)9(2)6-11/h4-7H,3,8,14H2,1-2H3. The lowest BCUT2D eigenvalue weighted by Gasteiger charge is -2.02. The Labute approximate surface area is 84.4 Å². The van der Waals surface area contributed by atoms with E-state index < -0.39 is 0 Å². The SMILES string of the molecule is CCC(=Cc1ccc(F)c(C)c1)CN. The Hall–Kier alpha value is -1.15. The Morgan fingerprint density at radius 1 is 1.50 bits per heavy atom. The van der Waals surface area contributed by atoms with Gasteiger partial charge in [0.15, 0.2) is 0 Å². The molecule has 0 saturated carbocycles. The summed E-state index contributed by atoms with van der Waals surface area (Å²) in [4.78, 5) is 0. The fourth-order valence-corrected chi connectivity index (χ4v) is 1.30. The monoisotopic (exact) mass is 193 g/mol. The van der Waals surface area contributed by atoms with Gasteiger partial charge in [-0.2, -0.15) is 0 Å². The zero-order valence-electron chi connectivity index (χ0n) is 8.68. The predicted molar refractivity (Wildman–Crippen MR) is 58.5 cm³/mol. The van der Waals surface area contributed by atoms with E-state index in [2.05, 4.69) is 6.92 Å². The smallest absolute Gasteiger partial charge is 0.126 e. The second-order valence-corrected chi connectivity index (χ2v) is 3.37. The number of benzene rings is 1. The third-order valence-corrected chi connectivity index (χ3v) is 2.27. The zero-order valence-corrected chi connectivity index (χ0v) is 8.68. The van der Waals surface area contributed by atoms with Gasteiger partial charge < -0.3 is 5.73 Å². The molecule has 0 aliphatic heterocycles. The average molecular weight is 193 g/mol. The number of aryl methyl sites for hydroxylation is 1. The van der Waals surface area contributed by atoms with E-state index in [1.807, 2.05) is 12.1 Å². The molecule has 0 fully saturated rings. The lowest BCUT2D eigenvalue weighted by Crippen LogP contribution is -2.01. The van der Waals surface area contributed by atoms with Crippen LogP contribution < -0.4 is 5.73 Å². The van der Waals surface area contributed by atoms with Gasteiger partial charge in [-0.05, 0) is 36.6 Å². The van der Waals surface area contributed by atoms with Crippen molar-refractivity contribution in [2.45, 2.75) is 20.3 Å². The van der Waals surface area contributed by atoms with Crippen molar-refractivity contribution < 1.29 is 4.39 Å². The fraction of sp³-hybridized carbons (Fsp3) is 0.333. The van der Waals surface area contributed by atoms with Crippen molar-refractivity contribution in [3.63, 3.8) is 0 Å². The third-order valence-electron chi connectivity index (χ3n) is 2.27. The van der Waals surface area contributed by atoms with Gasteiger partial charge in [0, 0.05) is 6.54 Å². The van der Waals surface area contributed by atoms with Crippen molar-refractivity contribution in [1.29, 1.82) is 0 Å². The van der Waals surface area contributed by atoms with Crippen LogP contribution in [-0.2, 0) is 0 Å². The highest BCUT2D eigenvalue weighted by molar-refractivity contribution is 5.54. The molecule has 2 N–H and O–H groups in total. The molecule has 0 aliphatic carbocycles. The molecule has 0 radical (unpaired) electrons. The minimum Gasteiger partial charge on any atom is -0.327 e. The van der Waals surface area contributed by atoms with Gasteiger partial charge in [0.2, 0.25) is 0 Å². The van der Waals surface area contributed by atoms with Crippen molar-refractivity contribution in [1.82, 2.24) is 0 Å². The lowest BCUT2D eigenvalue weighted by molar-refractivity contribution is 0.618. The Kier molecular flexibility index (Phi) is 3.84. The number of hydrogen-bond donors (Lipinski definition) is 1. The van der Waals surface area contributed by atoms with Crippen LogP contribution in [0.3, 0.4) is 0 Å². The summed E-state index contributed by atoms with van der Waals surface area (Å²) in [5.41, 5.74) is 8.43. The van der Waals surface area contributed by atoms with E-state index in [0.29, 0.717) is 12.1 Å². The van der Waals surface area contributed by atoms with Crippen LogP contribution in [0.25, 0.3) is 6.08 Å². The summed E-state index contributed by atoms with van der Waals surface area (Å²) < 4.78 is 13.0. The van der Waals surface area contributed by atoms with Crippen molar-refractivity contribution in [3.8, 4) is 0 Å². The number of hydrogen-bond acceptors (Lipinski definition) is 1. The van der Waals surface area contributed by atoms with Gasteiger partial charge in [0.1, 0.15) is 5.82 Å². The Morgan fingerprint density at radius 2 is 2.21 bits per heavy atom. The van der Waals surface area contributed by atoms with E-state index in [1.165, 1.54) is 11.6 Å². The highest BCUT2D eigenvalue weighted by Gasteiger charge is 1.97. The van der Waals surface area contributed by atoms with Gasteiger partial charge in [-0.1, -0.05) is 24.6 Å². The summed E-state index contributed by atoms with van der Waals surface area (Å²) in [6.07, 6.45) is 2.96. The second kappa shape index (κ2) is 4.91. The average Bonchev–Trinajstić information content (AvgIpc) is 2.19. The molecule has 1 nitrogen and oxygen atoms in total. The molecule has 1 aromatic carbocycles. The molecule has 76 valence electrons. The van der Waals surface area contributed by atoms with E-state index in [4.69, 9.17) is 5.73 Å². The van der Waals surface area contributed by atoms with Gasteiger partial charge in [0.05, 0.1) is 0 Å². The van der Waals surface area contributed by atoms with Crippen LogP contribution in [0.2, 0.25) is 0 Å². The summed E-state index contributed by atoms with van der Waals surface area (Å²) in [7, 11) is 0. The molecule has 0 spiro atoms. The molecule has 0 unspecified atom stereocenters. The highest BCUT2D eigenvalue weighted by atomic mass is 19.1. The quantitative estimate of drug-likeness (QED) is 0.784. The minimum atomic E-state index is -0.159. The molecule has 14 heavy (non-hydrogen) atoms. The second-order valence-electron chi connectivity index (χ2n) is 3.37. The molecule has 1 rings (SSSR count). The van der Waals surface area contributed by atoms with Gasteiger partial charge in [-0.25, -0.2) is 4.39 Å². The van der Waals surface area contributed by atoms with Crippen LogP contribution in [0.4, 0.5) is 4.39 Å². The summed E-state index contributed by atoms with van der Waals surface area (Å²) in [5, 5.41) is 0.